The Labute approximate surface area is 161 Å². The van der Waals surface area contributed by atoms with Gasteiger partial charge in [0.1, 0.15) is 5.82 Å². The molecule has 0 fully saturated rings. The summed E-state index contributed by atoms with van der Waals surface area (Å²) in [5, 5.41) is 0.577. The molecule has 4 aromatic rings. The molecule has 1 heterocycles. The molecule has 0 aliphatic carbocycles. The van der Waals surface area contributed by atoms with Crippen LogP contribution in [-0.2, 0) is 11.3 Å². The lowest BCUT2D eigenvalue weighted by Crippen LogP contribution is -2.24. The van der Waals surface area contributed by atoms with Gasteiger partial charge in [-0.3, -0.25) is 9.36 Å². The molecule has 0 radical (unpaired) electrons. The molecule has 0 unspecified atom stereocenters. The van der Waals surface area contributed by atoms with Crippen LogP contribution in [0.25, 0.3) is 22.3 Å². The van der Waals surface area contributed by atoms with Crippen LogP contribution in [0.1, 0.15) is 15.9 Å². The van der Waals surface area contributed by atoms with Crippen molar-refractivity contribution in [2.75, 3.05) is 7.11 Å². The Morgan fingerprint density at radius 1 is 0.929 bits per heavy atom. The third-order valence-electron chi connectivity index (χ3n) is 4.61. The summed E-state index contributed by atoms with van der Waals surface area (Å²) in [6, 6.07) is 24.0. The molecule has 0 aliphatic rings. The van der Waals surface area contributed by atoms with Crippen molar-refractivity contribution >= 4 is 16.9 Å². The molecule has 0 bridgehead atoms. The van der Waals surface area contributed by atoms with Crippen LogP contribution in [0.3, 0.4) is 0 Å². The summed E-state index contributed by atoms with van der Waals surface area (Å²) in [4.78, 5) is 29.6. The lowest BCUT2D eigenvalue weighted by Gasteiger charge is -2.14. The number of hydrogen-bond acceptors (Lipinski definition) is 4. The van der Waals surface area contributed by atoms with Crippen molar-refractivity contribution in [2.45, 2.75) is 6.54 Å². The number of aromatic nitrogens is 2. The van der Waals surface area contributed by atoms with Crippen molar-refractivity contribution in [1.82, 2.24) is 9.55 Å². The van der Waals surface area contributed by atoms with Crippen LogP contribution in [-0.4, -0.2) is 22.6 Å². The number of para-hydroxylation sites is 1. The van der Waals surface area contributed by atoms with Gasteiger partial charge in [0, 0.05) is 5.56 Å². The fraction of sp³-hybridized carbons (Fsp3) is 0.0870. The van der Waals surface area contributed by atoms with E-state index in [9.17, 15) is 9.59 Å². The van der Waals surface area contributed by atoms with Gasteiger partial charge in [-0.2, -0.15) is 0 Å². The van der Waals surface area contributed by atoms with Crippen LogP contribution in [0.5, 0.6) is 0 Å². The molecule has 4 rings (SSSR count). The fourth-order valence-corrected chi connectivity index (χ4v) is 3.17. The Balaban J connectivity index is 1.84. The summed E-state index contributed by atoms with van der Waals surface area (Å²) in [6.07, 6.45) is 0. The van der Waals surface area contributed by atoms with Crippen LogP contribution < -0.4 is 5.56 Å². The van der Waals surface area contributed by atoms with Gasteiger partial charge in [0.15, 0.2) is 0 Å². The number of rotatable bonds is 4. The van der Waals surface area contributed by atoms with Crippen molar-refractivity contribution in [3.8, 4) is 11.4 Å². The first-order valence-electron chi connectivity index (χ1n) is 8.89. The molecule has 1 aromatic heterocycles. The zero-order valence-corrected chi connectivity index (χ0v) is 15.3. The number of hydrogen-bond donors (Lipinski definition) is 0. The summed E-state index contributed by atoms with van der Waals surface area (Å²) < 4.78 is 6.41. The van der Waals surface area contributed by atoms with Crippen molar-refractivity contribution in [1.29, 1.82) is 0 Å². The van der Waals surface area contributed by atoms with Crippen LogP contribution in [0.2, 0.25) is 0 Å². The van der Waals surface area contributed by atoms with Gasteiger partial charge in [-0.15, -0.1) is 0 Å². The van der Waals surface area contributed by atoms with E-state index in [4.69, 9.17) is 9.72 Å². The highest BCUT2D eigenvalue weighted by molar-refractivity contribution is 5.89. The van der Waals surface area contributed by atoms with E-state index in [2.05, 4.69) is 0 Å². The normalized spacial score (nSPS) is 10.8. The van der Waals surface area contributed by atoms with Gasteiger partial charge in [-0.05, 0) is 29.8 Å². The minimum Gasteiger partial charge on any atom is -0.465 e. The highest BCUT2D eigenvalue weighted by Gasteiger charge is 2.13. The predicted molar refractivity (Wildman–Crippen MR) is 108 cm³/mol. The number of esters is 1. The summed E-state index contributed by atoms with van der Waals surface area (Å²) >= 11 is 0. The summed E-state index contributed by atoms with van der Waals surface area (Å²) in [6.45, 7) is 0.350. The molecule has 0 spiro atoms. The Bertz CT molecular complexity index is 1200. The quantitative estimate of drug-likeness (QED) is 0.511. The summed E-state index contributed by atoms with van der Waals surface area (Å²) in [5.74, 6) is 0.224. The van der Waals surface area contributed by atoms with Crippen LogP contribution in [0, 0.1) is 0 Å². The fourth-order valence-electron chi connectivity index (χ4n) is 3.17. The predicted octanol–water partition coefficient (Wildman–Crippen LogP) is 3.90. The van der Waals surface area contributed by atoms with Crippen LogP contribution in [0.4, 0.5) is 0 Å². The maximum Gasteiger partial charge on any atom is 0.337 e. The second-order valence-electron chi connectivity index (χ2n) is 6.40. The Kier molecular flexibility index (Phi) is 4.72. The minimum absolute atomic E-state index is 0.0958. The van der Waals surface area contributed by atoms with Crippen molar-refractivity contribution in [3.63, 3.8) is 0 Å². The highest BCUT2D eigenvalue weighted by Crippen LogP contribution is 2.20. The maximum atomic E-state index is 13.2. The number of benzene rings is 3. The van der Waals surface area contributed by atoms with Gasteiger partial charge < -0.3 is 4.74 Å². The first-order valence-corrected chi connectivity index (χ1v) is 8.89. The van der Waals surface area contributed by atoms with Gasteiger partial charge in [-0.1, -0.05) is 54.6 Å². The molecule has 0 atom stereocenters. The first kappa shape index (κ1) is 17.7. The SMILES string of the molecule is COC(=O)c1ccc(Cn2c(-c3ccccc3)nc3ccccc3c2=O)cc1. The molecular weight excluding hydrogens is 352 g/mol. The number of ether oxygens (including phenoxy) is 1. The largest absolute Gasteiger partial charge is 0.465 e. The number of nitrogens with zero attached hydrogens (tertiary/aromatic N) is 2. The molecule has 5 heteroatoms. The van der Waals surface area contributed by atoms with E-state index in [0.29, 0.717) is 28.8 Å². The summed E-state index contributed by atoms with van der Waals surface area (Å²) in [5.41, 5.74) is 2.81. The lowest BCUT2D eigenvalue weighted by molar-refractivity contribution is 0.0600. The molecule has 0 saturated heterocycles. The Morgan fingerprint density at radius 2 is 1.61 bits per heavy atom. The molecule has 28 heavy (non-hydrogen) atoms. The second-order valence-corrected chi connectivity index (χ2v) is 6.40. The number of fused-ring (bicyclic) bond motifs is 1. The number of carbonyl (C=O) groups excluding carboxylic acids is 1. The molecule has 0 aliphatic heterocycles. The highest BCUT2D eigenvalue weighted by atomic mass is 16.5. The smallest absolute Gasteiger partial charge is 0.337 e. The van der Waals surface area contributed by atoms with Crippen LogP contribution >= 0.6 is 0 Å². The molecule has 5 nitrogen and oxygen atoms in total. The monoisotopic (exact) mass is 370 g/mol. The van der Waals surface area contributed by atoms with E-state index >= 15 is 0 Å². The standard InChI is InChI=1S/C23H18N2O3/c1-28-23(27)18-13-11-16(12-14-18)15-25-21(17-7-3-2-4-8-17)24-20-10-6-5-9-19(20)22(25)26/h2-14H,15H2,1H3. The van der Waals surface area contributed by atoms with E-state index in [1.807, 2.05) is 60.7 Å². The molecule has 0 amide bonds. The lowest BCUT2D eigenvalue weighted by atomic mass is 10.1. The van der Waals surface area contributed by atoms with E-state index in [1.165, 1.54) is 7.11 Å². The van der Waals surface area contributed by atoms with E-state index < -0.39 is 0 Å². The molecule has 0 saturated carbocycles. The van der Waals surface area contributed by atoms with Gasteiger partial charge in [-0.25, -0.2) is 9.78 Å². The number of methoxy groups -OCH3 is 1. The zero-order chi connectivity index (χ0) is 19.5. The molecular formula is C23H18N2O3. The maximum absolute atomic E-state index is 13.2. The van der Waals surface area contributed by atoms with E-state index in [1.54, 1.807) is 22.8 Å². The summed E-state index contributed by atoms with van der Waals surface area (Å²) in [7, 11) is 1.35. The van der Waals surface area contributed by atoms with E-state index in [-0.39, 0.29) is 11.5 Å². The second kappa shape index (κ2) is 7.48. The Hall–Kier alpha value is -3.73. The van der Waals surface area contributed by atoms with Crippen molar-refractivity contribution in [2.24, 2.45) is 0 Å². The van der Waals surface area contributed by atoms with Crippen LogP contribution in [0.15, 0.2) is 83.7 Å². The average molecular weight is 370 g/mol. The average Bonchev–Trinajstić information content (AvgIpc) is 2.76. The van der Waals surface area contributed by atoms with Crippen molar-refractivity contribution in [3.05, 3.63) is 100 Å². The topological polar surface area (TPSA) is 61.2 Å². The molecule has 0 N–H and O–H groups in total. The first-order chi connectivity index (χ1) is 13.7. The van der Waals surface area contributed by atoms with Gasteiger partial charge >= 0.3 is 5.97 Å². The third-order valence-corrected chi connectivity index (χ3v) is 4.61. The van der Waals surface area contributed by atoms with Gasteiger partial charge in [0.25, 0.3) is 5.56 Å². The molecule has 138 valence electrons. The van der Waals surface area contributed by atoms with Gasteiger partial charge in [0.2, 0.25) is 0 Å². The molecule has 3 aromatic carbocycles. The van der Waals surface area contributed by atoms with E-state index in [0.717, 1.165) is 11.1 Å². The minimum atomic E-state index is -0.388. The van der Waals surface area contributed by atoms with Gasteiger partial charge in [0.05, 0.1) is 30.1 Å². The van der Waals surface area contributed by atoms with Crippen molar-refractivity contribution < 1.29 is 9.53 Å². The third kappa shape index (κ3) is 3.30. The zero-order valence-electron chi connectivity index (χ0n) is 15.3. The Morgan fingerprint density at radius 3 is 2.32 bits per heavy atom. The number of carbonyl (C=O) groups is 1.